The Kier molecular flexibility index (Phi) is 7.35. The largest absolute Gasteiger partial charge is 0.383 e. The summed E-state index contributed by atoms with van der Waals surface area (Å²) in [5.41, 5.74) is 0.686. The fraction of sp³-hybridized carbons (Fsp3) is 0.632. The number of rotatable bonds is 7. The summed E-state index contributed by atoms with van der Waals surface area (Å²) >= 11 is 0. The van der Waals surface area contributed by atoms with Crippen molar-refractivity contribution >= 4 is 5.91 Å². The normalized spacial score (nSPS) is 17.7. The highest BCUT2D eigenvalue weighted by molar-refractivity contribution is 5.83. The highest BCUT2D eigenvalue weighted by Gasteiger charge is 2.33. The van der Waals surface area contributed by atoms with Crippen molar-refractivity contribution in [2.45, 2.75) is 24.9 Å². The van der Waals surface area contributed by atoms with E-state index in [1.54, 1.807) is 13.2 Å². The Balaban J connectivity index is 2.24. The summed E-state index contributed by atoms with van der Waals surface area (Å²) in [4.78, 5) is 19.4. The molecule has 1 aliphatic rings. The van der Waals surface area contributed by atoms with Gasteiger partial charge in [0.15, 0.2) is 0 Å². The first-order valence-electron chi connectivity index (χ1n) is 8.84. The molecule has 0 aromatic heterocycles. The zero-order valence-corrected chi connectivity index (χ0v) is 15.7. The number of amides is 1. The first kappa shape index (κ1) is 19.8. The van der Waals surface area contributed by atoms with Gasteiger partial charge in [-0.1, -0.05) is 12.1 Å². The summed E-state index contributed by atoms with van der Waals surface area (Å²) < 4.78 is 18.9. The van der Waals surface area contributed by atoms with Gasteiger partial charge in [0.2, 0.25) is 5.91 Å². The van der Waals surface area contributed by atoms with Gasteiger partial charge >= 0.3 is 0 Å². The van der Waals surface area contributed by atoms with Crippen LogP contribution >= 0.6 is 0 Å². The third-order valence-corrected chi connectivity index (χ3v) is 4.86. The van der Waals surface area contributed by atoms with E-state index in [-0.39, 0.29) is 17.8 Å². The predicted octanol–water partition coefficient (Wildman–Crippen LogP) is 2.00. The molecule has 1 amide bonds. The molecule has 1 saturated heterocycles. The molecule has 0 N–H and O–H groups in total. The lowest BCUT2D eigenvalue weighted by molar-refractivity contribution is -0.140. The number of halogens is 1. The van der Waals surface area contributed by atoms with E-state index in [0.717, 1.165) is 25.9 Å². The summed E-state index contributed by atoms with van der Waals surface area (Å²) in [6.07, 6.45) is 1.91. The Morgan fingerprint density at radius 1 is 1.36 bits per heavy atom. The second kappa shape index (κ2) is 9.27. The minimum atomic E-state index is -0.493. The number of piperidine rings is 1. The number of carbonyl (C=O) groups excluding carboxylic acids is 1. The van der Waals surface area contributed by atoms with Gasteiger partial charge in [-0.25, -0.2) is 4.39 Å². The number of nitrogens with zero attached hydrogens (tertiary/aromatic N) is 3. The van der Waals surface area contributed by atoms with Gasteiger partial charge in [-0.15, -0.1) is 0 Å². The number of hydrogen-bond donors (Lipinski definition) is 0. The molecule has 140 valence electrons. The summed E-state index contributed by atoms with van der Waals surface area (Å²) in [7, 11) is 7.47. The van der Waals surface area contributed by atoms with Crippen LogP contribution in [0.1, 0.15) is 24.4 Å². The molecule has 0 spiro atoms. The van der Waals surface area contributed by atoms with E-state index in [9.17, 15) is 9.18 Å². The molecule has 1 atom stereocenters. The van der Waals surface area contributed by atoms with Crippen LogP contribution in [0.25, 0.3) is 0 Å². The van der Waals surface area contributed by atoms with E-state index in [1.807, 2.05) is 30.0 Å². The second-order valence-electron chi connectivity index (χ2n) is 6.98. The first-order chi connectivity index (χ1) is 11.9. The standard InChI is InChI=1S/C19H30FN3O2/c1-21(2)18(15-6-5-7-16(20)14-15)19(24)23(12-13-25-4)17-8-10-22(3)11-9-17/h5-7,14,17-18H,8-13H2,1-4H3/t18-/m0/s1. The van der Waals surface area contributed by atoms with E-state index < -0.39 is 6.04 Å². The van der Waals surface area contributed by atoms with Crippen LogP contribution in [-0.2, 0) is 9.53 Å². The monoisotopic (exact) mass is 351 g/mol. The molecule has 6 heteroatoms. The number of methoxy groups -OCH3 is 1. The molecule has 0 bridgehead atoms. The maximum absolute atomic E-state index is 13.7. The van der Waals surface area contributed by atoms with Gasteiger partial charge in [0.05, 0.1) is 6.61 Å². The number of benzene rings is 1. The maximum Gasteiger partial charge on any atom is 0.244 e. The van der Waals surface area contributed by atoms with Crippen LogP contribution in [0.2, 0.25) is 0 Å². The molecule has 0 radical (unpaired) electrons. The molecule has 1 fully saturated rings. The van der Waals surface area contributed by atoms with Crippen LogP contribution in [0.15, 0.2) is 24.3 Å². The molecule has 0 saturated carbocycles. The number of carbonyl (C=O) groups is 1. The number of likely N-dealkylation sites (N-methyl/N-ethyl adjacent to an activating group) is 1. The Bertz CT molecular complexity index is 559. The molecular formula is C19H30FN3O2. The van der Waals surface area contributed by atoms with Gasteiger partial charge in [0, 0.05) is 19.7 Å². The van der Waals surface area contributed by atoms with Crippen LogP contribution in [0.3, 0.4) is 0 Å². The summed E-state index contributed by atoms with van der Waals surface area (Å²) in [6.45, 7) is 3.02. The van der Waals surface area contributed by atoms with Crippen molar-refractivity contribution in [2.75, 3.05) is 54.5 Å². The van der Waals surface area contributed by atoms with E-state index in [4.69, 9.17) is 4.74 Å². The van der Waals surface area contributed by atoms with Crippen molar-refractivity contribution in [1.29, 1.82) is 0 Å². The molecule has 0 aliphatic carbocycles. The Morgan fingerprint density at radius 2 is 2.04 bits per heavy atom. The van der Waals surface area contributed by atoms with Crippen LogP contribution in [-0.4, -0.2) is 81.1 Å². The quantitative estimate of drug-likeness (QED) is 0.753. The molecule has 1 heterocycles. The molecule has 1 aliphatic heterocycles. The number of likely N-dealkylation sites (tertiary alicyclic amines) is 1. The third kappa shape index (κ3) is 5.23. The fourth-order valence-corrected chi connectivity index (χ4v) is 3.46. The molecule has 5 nitrogen and oxygen atoms in total. The Morgan fingerprint density at radius 3 is 2.60 bits per heavy atom. The molecule has 2 rings (SSSR count). The lowest BCUT2D eigenvalue weighted by Crippen LogP contribution is -2.51. The lowest BCUT2D eigenvalue weighted by Gasteiger charge is -2.40. The molecule has 25 heavy (non-hydrogen) atoms. The number of hydrogen-bond acceptors (Lipinski definition) is 4. The van der Waals surface area contributed by atoms with Gasteiger partial charge in [0.1, 0.15) is 11.9 Å². The van der Waals surface area contributed by atoms with Gasteiger partial charge in [0.25, 0.3) is 0 Å². The van der Waals surface area contributed by atoms with Crippen molar-refractivity contribution in [3.8, 4) is 0 Å². The molecular weight excluding hydrogens is 321 g/mol. The van der Waals surface area contributed by atoms with Gasteiger partial charge in [-0.3, -0.25) is 9.69 Å². The minimum absolute atomic E-state index is 0.0159. The summed E-state index contributed by atoms with van der Waals surface area (Å²) in [5, 5.41) is 0. The van der Waals surface area contributed by atoms with E-state index >= 15 is 0 Å². The van der Waals surface area contributed by atoms with E-state index in [0.29, 0.717) is 18.7 Å². The first-order valence-corrected chi connectivity index (χ1v) is 8.84. The smallest absolute Gasteiger partial charge is 0.244 e. The van der Waals surface area contributed by atoms with Crippen molar-refractivity contribution in [2.24, 2.45) is 0 Å². The lowest BCUT2D eigenvalue weighted by atomic mass is 9.99. The van der Waals surface area contributed by atoms with Crippen LogP contribution in [0.5, 0.6) is 0 Å². The van der Waals surface area contributed by atoms with Crippen molar-refractivity contribution in [1.82, 2.24) is 14.7 Å². The van der Waals surface area contributed by atoms with E-state index in [2.05, 4.69) is 11.9 Å². The Hall–Kier alpha value is -1.50. The van der Waals surface area contributed by atoms with Gasteiger partial charge in [-0.2, -0.15) is 0 Å². The van der Waals surface area contributed by atoms with Crippen LogP contribution < -0.4 is 0 Å². The van der Waals surface area contributed by atoms with Crippen LogP contribution in [0.4, 0.5) is 4.39 Å². The van der Waals surface area contributed by atoms with E-state index in [1.165, 1.54) is 12.1 Å². The SMILES string of the molecule is COCCN(C(=O)[C@H](c1cccc(F)c1)N(C)C)C1CCN(C)CC1. The highest BCUT2D eigenvalue weighted by Crippen LogP contribution is 2.25. The zero-order chi connectivity index (χ0) is 18.4. The van der Waals surface area contributed by atoms with Crippen LogP contribution in [0, 0.1) is 5.82 Å². The molecule has 1 aromatic rings. The molecule has 1 aromatic carbocycles. The van der Waals surface area contributed by atoms with Crippen molar-refractivity contribution in [3.05, 3.63) is 35.6 Å². The average molecular weight is 351 g/mol. The minimum Gasteiger partial charge on any atom is -0.383 e. The predicted molar refractivity (Wildman–Crippen MR) is 96.9 cm³/mol. The molecule has 0 unspecified atom stereocenters. The highest BCUT2D eigenvalue weighted by atomic mass is 19.1. The fourth-order valence-electron chi connectivity index (χ4n) is 3.46. The summed E-state index contributed by atoms with van der Waals surface area (Å²) in [5.74, 6) is -0.304. The van der Waals surface area contributed by atoms with Crippen molar-refractivity contribution < 1.29 is 13.9 Å². The van der Waals surface area contributed by atoms with Crippen molar-refractivity contribution in [3.63, 3.8) is 0 Å². The van der Waals surface area contributed by atoms with Gasteiger partial charge < -0.3 is 14.5 Å². The third-order valence-electron chi connectivity index (χ3n) is 4.86. The topological polar surface area (TPSA) is 36.0 Å². The maximum atomic E-state index is 13.7. The van der Waals surface area contributed by atoms with Gasteiger partial charge in [-0.05, 0) is 64.8 Å². The summed E-state index contributed by atoms with van der Waals surface area (Å²) in [6, 6.07) is 6.03. The average Bonchev–Trinajstić information content (AvgIpc) is 2.56. The Labute approximate surface area is 150 Å². The zero-order valence-electron chi connectivity index (χ0n) is 15.7. The second-order valence-corrected chi connectivity index (χ2v) is 6.98. The number of ether oxygens (including phenoxy) is 1.